The lowest BCUT2D eigenvalue weighted by molar-refractivity contribution is -0.127. The van der Waals surface area contributed by atoms with Crippen molar-refractivity contribution in [2.45, 2.75) is 46.0 Å². The molecule has 1 amide bonds. The number of aliphatic imine (C=N–C) groups is 2. The molecule has 0 N–H and O–H groups in total. The van der Waals surface area contributed by atoms with Crippen LogP contribution in [-0.2, 0) is 4.79 Å². The lowest BCUT2D eigenvalue weighted by atomic mass is 10.0. The number of nitrogens with zero attached hydrogens (tertiary/aromatic N) is 3. The third-order valence-corrected chi connectivity index (χ3v) is 6.75. The standard InChI is InChI=1S/C23H29N3OS/c1-3-7-17-12-21(27)26(15-17)14-16(2)22(18-8-5-4-6-9-18)25-20-13-24-23(28-20)19-10-11-19/h4-6,8-9,17,19H,3,7,10-15H2,1-2H3/b22-16+,25-20?. The van der Waals surface area contributed by atoms with Crippen LogP contribution in [0.2, 0.25) is 0 Å². The fourth-order valence-corrected chi connectivity index (χ4v) is 5.07. The maximum absolute atomic E-state index is 12.5. The molecule has 1 aromatic carbocycles. The Hall–Kier alpha value is -1.88. The average molecular weight is 396 g/mol. The minimum Gasteiger partial charge on any atom is -0.338 e. The van der Waals surface area contributed by atoms with Crippen LogP contribution in [0.3, 0.4) is 0 Å². The smallest absolute Gasteiger partial charge is 0.223 e. The summed E-state index contributed by atoms with van der Waals surface area (Å²) in [6.45, 7) is 6.56. The van der Waals surface area contributed by atoms with E-state index >= 15 is 0 Å². The van der Waals surface area contributed by atoms with Gasteiger partial charge in [-0.05, 0) is 37.7 Å². The topological polar surface area (TPSA) is 45.0 Å². The second-order valence-electron chi connectivity index (χ2n) is 8.16. The Balaban J connectivity index is 1.55. The van der Waals surface area contributed by atoms with Gasteiger partial charge in [0.05, 0.1) is 17.3 Å². The van der Waals surface area contributed by atoms with Gasteiger partial charge in [-0.2, -0.15) is 0 Å². The minimum absolute atomic E-state index is 0.285. The number of thioether (sulfide) groups is 1. The predicted octanol–water partition coefficient (Wildman–Crippen LogP) is 5.02. The van der Waals surface area contributed by atoms with Gasteiger partial charge < -0.3 is 4.90 Å². The molecule has 2 fully saturated rings. The average Bonchev–Trinajstić information content (AvgIpc) is 3.35. The number of carbonyl (C=O) groups is 1. The highest BCUT2D eigenvalue weighted by atomic mass is 32.2. The molecule has 1 aromatic rings. The summed E-state index contributed by atoms with van der Waals surface area (Å²) in [6.07, 6.45) is 5.52. The van der Waals surface area contributed by atoms with E-state index in [9.17, 15) is 4.79 Å². The summed E-state index contributed by atoms with van der Waals surface area (Å²) in [4.78, 5) is 24.2. The van der Waals surface area contributed by atoms with E-state index < -0.39 is 0 Å². The van der Waals surface area contributed by atoms with Crippen LogP contribution in [0.25, 0.3) is 5.70 Å². The van der Waals surface area contributed by atoms with Crippen LogP contribution < -0.4 is 0 Å². The maximum atomic E-state index is 12.5. The molecule has 5 heteroatoms. The molecule has 0 radical (unpaired) electrons. The Morgan fingerprint density at radius 2 is 2.07 bits per heavy atom. The van der Waals surface area contributed by atoms with Crippen LogP contribution in [0.5, 0.6) is 0 Å². The van der Waals surface area contributed by atoms with Gasteiger partial charge in [0.2, 0.25) is 5.91 Å². The van der Waals surface area contributed by atoms with Gasteiger partial charge in [-0.15, -0.1) is 0 Å². The molecule has 1 saturated carbocycles. The van der Waals surface area contributed by atoms with E-state index in [2.05, 4.69) is 38.1 Å². The van der Waals surface area contributed by atoms with Crippen molar-refractivity contribution < 1.29 is 4.79 Å². The molecule has 148 valence electrons. The van der Waals surface area contributed by atoms with Gasteiger partial charge in [-0.25, -0.2) is 4.99 Å². The molecule has 2 heterocycles. The number of likely N-dealkylation sites (tertiary alicyclic amines) is 1. The van der Waals surface area contributed by atoms with E-state index in [0.717, 1.165) is 41.3 Å². The first-order chi connectivity index (χ1) is 13.6. The Kier molecular flexibility index (Phi) is 6.00. The van der Waals surface area contributed by atoms with Crippen LogP contribution in [0.4, 0.5) is 0 Å². The lowest BCUT2D eigenvalue weighted by Gasteiger charge is -2.19. The summed E-state index contributed by atoms with van der Waals surface area (Å²) in [5, 5.41) is 2.35. The predicted molar refractivity (Wildman–Crippen MR) is 119 cm³/mol. The Labute approximate surface area is 172 Å². The molecule has 1 saturated heterocycles. The largest absolute Gasteiger partial charge is 0.338 e. The van der Waals surface area contributed by atoms with E-state index in [4.69, 9.17) is 9.98 Å². The van der Waals surface area contributed by atoms with Crippen LogP contribution in [0, 0.1) is 11.8 Å². The second-order valence-corrected chi connectivity index (χ2v) is 9.26. The molecule has 0 bridgehead atoms. The van der Waals surface area contributed by atoms with E-state index in [1.807, 2.05) is 11.0 Å². The van der Waals surface area contributed by atoms with Crippen molar-refractivity contribution in [2.24, 2.45) is 21.8 Å². The fraction of sp³-hybridized carbons (Fsp3) is 0.522. The normalized spacial score (nSPS) is 24.7. The Bertz CT molecular complexity index is 824. The Morgan fingerprint density at radius 1 is 1.29 bits per heavy atom. The highest BCUT2D eigenvalue weighted by molar-refractivity contribution is 8.27. The van der Waals surface area contributed by atoms with Crippen molar-refractivity contribution in [1.29, 1.82) is 0 Å². The van der Waals surface area contributed by atoms with Crippen molar-refractivity contribution in [3.8, 4) is 0 Å². The first-order valence-corrected chi connectivity index (χ1v) is 11.3. The van der Waals surface area contributed by atoms with Gasteiger partial charge in [0, 0.05) is 31.0 Å². The third-order valence-electron chi connectivity index (χ3n) is 5.63. The molecule has 4 nitrogen and oxygen atoms in total. The summed E-state index contributed by atoms with van der Waals surface area (Å²) in [7, 11) is 0. The van der Waals surface area contributed by atoms with Crippen molar-refractivity contribution in [3.05, 3.63) is 41.5 Å². The molecule has 1 atom stereocenters. The van der Waals surface area contributed by atoms with Crippen molar-refractivity contribution in [3.63, 3.8) is 0 Å². The zero-order valence-electron chi connectivity index (χ0n) is 16.9. The second kappa shape index (κ2) is 8.64. The van der Waals surface area contributed by atoms with Crippen LogP contribution >= 0.6 is 11.8 Å². The lowest BCUT2D eigenvalue weighted by Crippen LogP contribution is -2.27. The molecule has 2 aliphatic heterocycles. The fourth-order valence-electron chi connectivity index (χ4n) is 4.03. The number of hydrogen-bond donors (Lipinski definition) is 0. The molecule has 0 aromatic heterocycles. The molecule has 4 rings (SSSR count). The third kappa shape index (κ3) is 4.57. The van der Waals surface area contributed by atoms with Crippen molar-refractivity contribution >= 4 is 33.5 Å². The van der Waals surface area contributed by atoms with Crippen molar-refractivity contribution in [2.75, 3.05) is 19.6 Å². The van der Waals surface area contributed by atoms with Gasteiger partial charge in [0.1, 0.15) is 5.04 Å². The monoisotopic (exact) mass is 395 g/mol. The van der Waals surface area contributed by atoms with Crippen LogP contribution in [0.15, 0.2) is 45.9 Å². The van der Waals surface area contributed by atoms with Crippen LogP contribution in [0.1, 0.15) is 51.5 Å². The summed E-state index contributed by atoms with van der Waals surface area (Å²) in [5.41, 5.74) is 3.27. The zero-order valence-corrected chi connectivity index (χ0v) is 17.7. The minimum atomic E-state index is 0.285. The van der Waals surface area contributed by atoms with Gasteiger partial charge in [-0.1, -0.05) is 55.4 Å². The quantitative estimate of drug-likeness (QED) is 0.651. The SMILES string of the molecule is CCCC1CC(=O)N(C/C(C)=C(/N=C2CN=C(C3CC3)S2)c2ccccc2)C1. The molecular formula is C23H29N3OS. The molecule has 1 aliphatic carbocycles. The van der Waals surface area contributed by atoms with Gasteiger partial charge in [-0.3, -0.25) is 9.79 Å². The number of amides is 1. The van der Waals surface area contributed by atoms with E-state index in [-0.39, 0.29) is 5.91 Å². The van der Waals surface area contributed by atoms with E-state index in [1.54, 1.807) is 11.8 Å². The zero-order chi connectivity index (χ0) is 19.5. The van der Waals surface area contributed by atoms with E-state index in [0.29, 0.717) is 31.3 Å². The molecule has 1 unspecified atom stereocenters. The first-order valence-electron chi connectivity index (χ1n) is 10.5. The maximum Gasteiger partial charge on any atom is 0.223 e. The number of carbonyl (C=O) groups excluding carboxylic acids is 1. The highest BCUT2D eigenvalue weighted by Crippen LogP contribution is 2.38. The van der Waals surface area contributed by atoms with E-state index in [1.165, 1.54) is 17.9 Å². The van der Waals surface area contributed by atoms with Gasteiger partial charge in [0.25, 0.3) is 0 Å². The summed E-state index contributed by atoms with van der Waals surface area (Å²) in [6, 6.07) is 10.3. The first kappa shape index (κ1) is 19.4. The summed E-state index contributed by atoms with van der Waals surface area (Å²) < 4.78 is 0. The van der Waals surface area contributed by atoms with Gasteiger partial charge >= 0.3 is 0 Å². The van der Waals surface area contributed by atoms with Gasteiger partial charge in [0.15, 0.2) is 0 Å². The molecule has 0 spiro atoms. The number of benzene rings is 1. The van der Waals surface area contributed by atoms with Crippen LogP contribution in [-0.4, -0.2) is 40.5 Å². The summed E-state index contributed by atoms with van der Waals surface area (Å²) in [5.74, 6) is 1.48. The molecule has 3 aliphatic rings. The summed E-state index contributed by atoms with van der Waals surface area (Å²) >= 11 is 1.76. The molecular weight excluding hydrogens is 366 g/mol. The number of rotatable bonds is 7. The Morgan fingerprint density at radius 3 is 2.79 bits per heavy atom. The molecule has 28 heavy (non-hydrogen) atoms. The van der Waals surface area contributed by atoms with Crippen molar-refractivity contribution in [1.82, 2.24) is 4.90 Å². The highest BCUT2D eigenvalue weighted by Gasteiger charge is 2.32. The number of hydrogen-bond acceptors (Lipinski definition) is 4.